The minimum atomic E-state index is -0.408. The van der Waals surface area contributed by atoms with Crippen LogP contribution in [0.25, 0.3) is 0 Å². The monoisotopic (exact) mass is 344 g/mol. The lowest BCUT2D eigenvalue weighted by Crippen LogP contribution is -2.45. The topological polar surface area (TPSA) is 61.4 Å². The van der Waals surface area contributed by atoms with Crippen LogP contribution < -0.4 is 10.6 Å². The lowest BCUT2D eigenvalue weighted by molar-refractivity contribution is 0.156. The van der Waals surface area contributed by atoms with Crippen molar-refractivity contribution in [1.82, 2.24) is 5.32 Å². The van der Waals surface area contributed by atoms with Gasteiger partial charge < -0.3 is 15.7 Å². The average molecular weight is 345 g/mol. The number of amides is 2. The van der Waals surface area contributed by atoms with Crippen molar-refractivity contribution >= 4 is 27.6 Å². The molecule has 110 valence electrons. The first kappa shape index (κ1) is 15.3. The fraction of sp³-hybridized carbons (Fsp3) is 0.500. The summed E-state index contributed by atoms with van der Waals surface area (Å²) < 4.78 is 13.8. The highest BCUT2D eigenvalue weighted by Crippen LogP contribution is 2.25. The van der Waals surface area contributed by atoms with Crippen molar-refractivity contribution < 1.29 is 14.3 Å². The third-order valence-electron chi connectivity index (χ3n) is 3.64. The van der Waals surface area contributed by atoms with Gasteiger partial charge in [-0.1, -0.05) is 12.8 Å². The molecule has 20 heavy (non-hydrogen) atoms. The second-order valence-electron chi connectivity index (χ2n) is 5.06. The third-order valence-corrected chi connectivity index (χ3v) is 4.33. The summed E-state index contributed by atoms with van der Waals surface area (Å²) >= 11 is 3.26. The van der Waals surface area contributed by atoms with E-state index in [1.807, 2.05) is 0 Å². The molecule has 2 atom stereocenters. The molecule has 0 heterocycles. The first-order valence-electron chi connectivity index (χ1n) is 6.73. The van der Waals surface area contributed by atoms with Crippen molar-refractivity contribution in [2.75, 3.05) is 11.9 Å². The predicted octanol–water partition coefficient (Wildman–Crippen LogP) is 3.26. The number of aliphatic hydroxyl groups is 1. The van der Waals surface area contributed by atoms with Gasteiger partial charge in [-0.15, -0.1) is 0 Å². The predicted molar refractivity (Wildman–Crippen MR) is 79.1 cm³/mol. The second kappa shape index (κ2) is 7.04. The number of nitrogens with one attached hydrogen (secondary N) is 2. The zero-order valence-corrected chi connectivity index (χ0v) is 12.6. The Morgan fingerprint density at radius 2 is 2.15 bits per heavy atom. The molecule has 0 spiro atoms. The quantitative estimate of drug-likeness (QED) is 0.788. The summed E-state index contributed by atoms with van der Waals surface area (Å²) in [5, 5.41) is 14.8. The number of hydrogen-bond acceptors (Lipinski definition) is 2. The molecule has 2 unspecified atom stereocenters. The van der Waals surface area contributed by atoms with E-state index in [1.165, 1.54) is 12.1 Å². The van der Waals surface area contributed by atoms with E-state index in [2.05, 4.69) is 26.6 Å². The van der Waals surface area contributed by atoms with E-state index in [1.54, 1.807) is 6.07 Å². The first-order chi connectivity index (χ1) is 9.60. The summed E-state index contributed by atoms with van der Waals surface area (Å²) in [6.45, 7) is 0.0780. The van der Waals surface area contributed by atoms with E-state index in [0.717, 1.165) is 25.7 Å². The molecule has 1 aliphatic carbocycles. The lowest BCUT2D eigenvalue weighted by atomic mass is 9.85. The van der Waals surface area contributed by atoms with E-state index >= 15 is 0 Å². The van der Waals surface area contributed by atoms with Gasteiger partial charge in [-0.3, -0.25) is 0 Å². The molecule has 4 nitrogen and oxygen atoms in total. The molecule has 0 aliphatic heterocycles. The lowest BCUT2D eigenvalue weighted by Gasteiger charge is -2.30. The van der Waals surface area contributed by atoms with E-state index in [0.29, 0.717) is 10.2 Å². The first-order valence-corrected chi connectivity index (χ1v) is 7.53. The van der Waals surface area contributed by atoms with Crippen LogP contribution in [0.1, 0.15) is 25.7 Å². The van der Waals surface area contributed by atoms with Crippen LogP contribution in [0.2, 0.25) is 0 Å². The Morgan fingerprint density at radius 3 is 2.90 bits per heavy atom. The molecule has 3 N–H and O–H groups in total. The van der Waals surface area contributed by atoms with E-state index in [-0.39, 0.29) is 24.6 Å². The maximum absolute atomic E-state index is 13.1. The van der Waals surface area contributed by atoms with Crippen molar-refractivity contribution in [2.24, 2.45) is 5.92 Å². The molecule has 1 aromatic rings. The van der Waals surface area contributed by atoms with Gasteiger partial charge in [0.2, 0.25) is 0 Å². The number of benzene rings is 1. The van der Waals surface area contributed by atoms with E-state index < -0.39 is 5.82 Å². The summed E-state index contributed by atoms with van der Waals surface area (Å²) in [6, 6.07) is 3.72. The van der Waals surface area contributed by atoms with Gasteiger partial charge in [0, 0.05) is 23.0 Å². The fourth-order valence-corrected chi connectivity index (χ4v) is 2.88. The molecule has 0 saturated heterocycles. The normalized spacial score (nSPS) is 22.4. The third kappa shape index (κ3) is 3.93. The van der Waals surface area contributed by atoms with Crippen LogP contribution in [0, 0.1) is 11.7 Å². The van der Waals surface area contributed by atoms with Gasteiger partial charge in [0.05, 0.1) is 5.69 Å². The zero-order chi connectivity index (χ0) is 14.5. The van der Waals surface area contributed by atoms with Crippen molar-refractivity contribution in [3.8, 4) is 0 Å². The molecule has 6 heteroatoms. The second-order valence-corrected chi connectivity index (χ2v) is 5.91. The van der Waals surface area contributed by atoms with Crippen LogP contribution in [0.3, 0.4) is 0 Å². The number of carbonyl (C=O) groups excluding carboxylic acids is 1. The molecule has 2 amide bonds. The summed E-state index contributed by atoms with van der Waals surface area (Å²) in [7, 11) is 0. The summed E-state index contributed by atoms with van der Waals surface area (Å²) in [6.07, 6.45) is 3.92. The smallest absolute Gasteiger partial charge is 0.319 e. The number of urea groups is 1. The molecular weight excluding hydrogens is 327 g/mol. The van der Waals surface area contributed by atoms with Gasteiger partial charge in [-0.25, -0.2) is 9.18 Å². The highest BCUT2D eigenvalue weighted by Gasteiger charge is 2.25. The maximum Gasteiger partial charge on any atom is 0.319 e. The van der Waals surface area contributed by atoms with Crippen LogP contribution in [-0.4, -0.2) is 23.8 Å². The average Bonchev–Trinajstić information content (AvgIpc) is 2.43. The van der Waals surface area contributed by atoms with Crippen molar-refractivity contribution in [3.63, 3.8) is 0 Å². The largest absolute Gasteiger partial charge is 0.396 e. The summed E-state index contributed by atoms with van der Waals surface area (Å²) in [5.41, 5.74) is 0.388. The minimum Gasteiger partial charge on any atom is -0.396 e. The van der Waals surface area contributed by atoms with Crippen LogP contribution in [0.15, 0.2) is 22.7 Å². The molecule has 0 radical (unpaired) electrons. The standard InChI is InChI=1S/C14H18BrFN2O2/c15-11-6-5-10(16)7-13(11)18-14(20)17-12-4-2-1-3-9(12)8-19/h5-7,9,12,19H,1-4,8H2,(H2,17,18,20). The van der Waals surface area contributed by atoms with Gasteiger partial charge in [0.1, 0.15) is 5.82 Å². The van der Waals surface area contributed by atoms with Crippen LogP contribution in [-0.2, 0) is 0 Å². The van der Waals surface area contributed by atoms with Crippen molar-refractivity contribution in [2.45, 2.75) is 31.7 Å². The number of anilines is 1. The molecule has 2 rings (SSSR count). The summed E-state index contributed by atoms with van der Waals surface area (Å²) in [4.78, 5) is 12.0. The Labute approximate surface area is 125 Å². The minimum absolute atomic E-state index is 0.0268. The highest BCUT2D eigenvalue weighted by atomic mass is 79.9. The SMILES string of the molecule is O=C(Nc1cc(F)ccc1Br)NC1CCCCC1CO. The van der Waals surface area contributed by atoms with Gasteiger partial charge in [0.25, 0.3) is 0 Å². The molecule has 0 bridgehead atoms. The van der Waals surface area contributed by atoms with E-state index in [9.17, 15) is 14.3 Å². The van der Waals surface area contributed by atoms with Crippen LogP contribution in [0.4, 0.5) is 14.9 Å². The molecule has 1 saturated carbocycles. The molecule has 1 aromatic carbocycles. The number of carbonyl (C=O) groups is 1. The Balaban J connectivity index is 1.96. The molecule has 1 aliphatic rings. The van der Waals surface area contributed by atoms with E-state index in [4.69, 9.17) is 0 Å². The Morgan fingerprint density at radius 1 is 1.40 bits per heavy atom. The van der Waals surface area contributed by atoms with Crippen LogP contribution >= 0.6 is 15.9 Å². The van der Waals surface area contributed by atoms with Gasteiger partial charge >= 0.3 is 6.03 Å². The van der Waals surface area contributed by atoms with Crippen molar-refractivity contribution in [1.29, 1.82) is 0 Å². The highest BCUT2D eigenvalue weighted by molar-refractivity contribution is 9.10. The Kier molecular flexibility index (Phi) is 5.37. The number of halogens is 2. The molecular formula is C14H18BrFN2O2. The van der Waals surface area contributed by atoms with Gasteiger partial charge in [0.15, 0.2) is 0 Å². The number of rotatable bonds is 3. The fourth-order valence-electron chi connectivity index (χ4n) is 2.54. The Hall–Kier alpha value is -1.14. The summed E-state index contributed by atoms with van der Waals surface area (Å²) in [5.74, 6) is -0.306. The van der Waals surface area contributed by atoms with Crippen LogP contribution in [0.5, 0.6) is 0 Å². The number of hydrogen-bond donors (Lipinski definition) is 3. The molecule has 0 aromatic heterocycles. The Bertz CT molecular complexity index is 484. The number of aliphatic hydroxyl groups excluding tert-OH is 1. The van der Waals surface area contributed by atoms with Gasteiger partial charge in [-0.2, -0.15) is 0 Å². The molecule has 1 fully saturated rings. The van der Waals surface area contributed by atoms with Crippen molar-refractivity contribution in [3.05, 3.63) is 28.5 Å². The van der Waals surface area contributed by atoms with Gasteiger partial charge in [-0.05, 0) is 47.0 Å². The maximum atomic E-state index is 13.1. The zero-order valence-electron chi connectivity index (χ0n) is 11.0.